The SMILES string of the molecule is COC(=O)[C@@H]1Cc2c([nH]c3ccccc23)[C@H]2C[C@H](NC[C@H]3CCCO3)C[C@@H](c3ccccc3F)N21. The lowest BCUT2D eigenvalue weighted by molar-refractivity contribution is -0.152. The van der Waals surface area contributed by atoms with Crippen LogP contribution in [0, 0.1) is 5.82 Å². The molecule has 0 radical (unpaired) electrons. The van der Waals surface area contributed by atoms with Gasteiger partial charge in [-0.25, -0.2) is 4.39 Å². The number of ether oxygens (including phenoxy) is 2. The predicted molar refractivity (Wildman–Crippen MR) is 132 cm³/mol. The molecule has 4 heterocycles. The Morgan fingerprint density at radius 2 is 1.97 bits per heavy atom. The molecule has 3 aliphatic heterocycles. The lowest BCUT2D eigenvalue weighted by Crippen LogP contribution is -2.56. The van der Waals surface area contributed by atoms with E-state index in [4.69, 9.17) is 9.47 Å². The minimum atomic E-state index is -0.472. The van der Waals surface area contributed by atoms with Crippen molar-refractivity contribution >= 4 is 16.9 Å². The van der Waals surface area contributed by atoms with Gasteiger partial charge in [0.05, 0.1) is 19.3 Å². The highest BCUT2D eigenvalue weighted by Gasteiger charge is 2.48. The molecule has 2 saturated heterocycles. The minimum absolute atomic E-state index is 0.0596. The van der Waals surface area contributed by atoms with E-state index in [1.807, 2.05) is 24.3 Å². The number of H-pyrrole nitrogens is 1. The Hall–Kier alpha value is -2.74. The molecule has 0 aliphatic carbocycles. The summed E-state index contributed by atoms with van der Waals surface area (Å²) < 4.78 is 26.3. The average molecular weight is 478 g/mol. The fraction of sp³-hybridized carbons (Fsp3) is 0.464. The first-order valence-corrected chi connectivity index (χ1v) is 12.7. The van der Waals surface area contributed by atoms with Crippen molar-refractivity contribution in [1.29, 1.82) is 0 Å². The van der Waals surface area contributed by atoms with Crippen molar-refractivity contribution in [3.8, 4) is 0 Å². The van der Waals surface area contributed by atoms with E-state index in [1.54, 1.807) is 6.07 Å². The second-order valence-electron chi connectivity index (χ2n) is 10.0. The molecule has 35 heavy (non-hydrogen) atoms. The van der Waals surface area contributed by atoms with Crippen LogP contribution in [-0.4, -0.2) is 54.3 Å². The van der Waals surface area contributed by atoms with Crippen LogP contribution in [0.4, 0.5) is 4.39 Å². The number of esters is 1. The van der Waals surface area contributed by atoms with Crippen molar-refractivity contribution in [1.82, 2.24) is 15.2 Å². The number of nitrogens with one attached hydrogen (secondary N) is 2. The number of benzene rings is 2. The molecule has 3 aromatic rings. The van der Waals surface area contributed by atoms with Crippen LogP contribution < -0.4 is 5.32 Å². The normalized spacial score (nSPS) is 28.6. The molecule has 6 nitrogen and oxygen atoms in total. The maximum atomic E-state index is 15.2. The van der Waals surface area contributed by atoms with Crippen LogP contribution in [0.3, 0.4) is 0 Å². The van der Waals surface area contributed by atoms with Gasteiger partial charge in [-0.2, -0.15) is 0 Å². The number of piperidine rings is 1. The van der Waals surface area contributed by atoms with E-state index in [-0.39, 0.29) is 36.0 Å². The summed E-state index contributed by atoms with van der Waals surface area (Å²) in [5, 5.41) is 4.88. The molecular weight excluding hydrogens is 445 g/mol. The Morgan fingerprint density at radius 1 is 1.17 bits per heavy atom. The molecule has 2 N–H and O–H groups in total. The Labute approximate surface area is 204 Å². The van der Waals surface area contributed by atoms with E-state index < -0.39 is 6.04 Å². The molecule has 2 fully saturated rings. The number of nitrogens with zero attached hydrogens (tertiary/aromatic N) is 1. The Balaban J connectivity index is 1.43. The van der Waals surface area contributed by atoms with E-state index in [9.17, 15) is 4.79 Å². The Bertz CT molecular complexity index is 1220. The van der Waals surface area contributed by atoms with E-state index in [0.29, 0.717) is 18.4 Å². The number of carbonyl (C=O) groups excluding carboxylic acids is 1. The topological polar surface area (TPSA) is 66.6 Å². The van der Waals surface area contributed by atoms with E-state index in [1.165, 1.54) is 18.7 Å². The zero-order chi connectivity index (χ0) is 23.9. The van der Waals surface area contributed by atoms with Crippen molar-refractivity contribution in [3.63, 3.8) is 0 Å². The zero-order valence-corrected chi connectivity index (χ0v) is 20.0. The smallest absolute Gasteiger partial charge is 0.323 e. The van der Waals surface area contributed by atoms with Crippen molar-refractivity contribution < 1.29 is 18.7 Å². The molecule has 7 heteroatoms. The molecule has 3 aliphatic rings. The van der Waals surface area contributed by atoms with Crippen LogP contribution in [0.15, 0.2) is 48.5 Å². The third kappa shape index (κ3) is 4.05. The Morgan fingerprint density at radius 3 is 2.77 bits per heavy atom. The summed E-state index contributed by atoms with van der Waals surface area (Å²) in [6.45, 7) is 1.62. The number of halogens is 1. The summed E-state index contributed by atoms with van der Waals surface area (Å²) in [5.74, 6) is -0.500. The fourth-order valence-corrected chi connectivity index (χ4v) is 6.47. The number of carbonyl (C=O) groups is 1. The molecule has 6 rings (SSSR count). The zero-order valence-electron chi connectivity index (χ0n) is 20.0. The summed E-state index contributed by atoms with van der Waals surface area (Å²) in [6.07, 6.45) is 4.49. The van der Waals surface area contributed by atoms with Gasteiger partial charge in [0.25, 0.3) is 0 Å². The van der Waals surface area contributed by atoms with Crippen LogP contribution in [0.5, 0.6) is 0 Å². The first kappa shape index (κ1) is 22.7. The predicted octanol–water partition coefficient (Wildman–Crippen LogP) is 4.42. The van der Waals surface area contributed by atoms with Gasteiger partial charge in [-0.05, 0) is 43.4 Å². The van der Waals surface area contributed by atoms with Crippen molar-refractivity contribution in [3.05, 3.63) is 71.2 Å². The summed E-state index contributed by atoms with van der Waals surface area (Å²) >= 11 is 0. The third-order valence-electron chi connectivity index (χ3n) is 8.07. The van der Waals surface area contributed by atoms with E-state index in [0.717, 1.165) is 49.0 Å². The van der Waals surface area contributed by atoms with Gasteiger partial charge < -0.3 is 19.8 Å². The molecule has 0 saturated carbocycles. The van der Waals surface area contributed by atoms with Gasteiger partial charge in [-0.1, -0.05) is 36.4 Å². The monoisotopic (exact) mass is 477 g/mol. The van der Waals surface area contributed by atoms with E-state index >= 15 is 4.39 Å². The maximum Gasteiger partial charge on any atom is 0.323 e. The molecule has 1 aromatic heterocycles. The number of para-hydroxylation sites is 1. The van der Waals surface area contributed by atoms with Crippen molar-refractivity contribution in [2.45, 2.75) is 62.4 Å². The molecule has 5 atom stereocenters. The first-order chi connectivity index (χ1) is 17.1. The first-order valence-electron chi connectivity index (χ1n) is 12.7. The van der Waals surface area contributed by atoms with Gasteiger partial charge in [-0.15, -0.1) is 0 Å². The standard InChI is InChI=1S/C28H32FN3O3/c1-34-28(33)26-15-21-19-8-3-5-11-23(19)31-27(21)25-14-17(30-16-18-7-6-12-35-18)13-24(32(25)26)20-9-2-4-10-22(20)29/h2-5,8-11,17-18,24-26,30-31H,6-7,12-16H2,1H3/t17-,18-,24+,25-,26+/m1/s1. The lowest BCUT2D eigenvalue weighted by atomic mass is 9.79. The third-order valence-corrected chi connectivity index (χ3v) is 8.07. The van der Waals surface area contributed by atoms with Crippen LogP contribution >= 0.6 is 0 Å². The van der Waals surface area contributed by atoms with Crippen LogP contribution in [0.2, 0.25) is 0 Å². The molecule has 0 bridgehead atoms. The number of hydrogen-bond acceptors (Lipinski definition) is 5. The maximum absolute atomic E-state index is 15.2. The quantitative estimate of drug-likeness (QED) is 0.533. The van der Waals surface area contributed by atoms with Gasteiger partial charge >= 0.3 is 5.97 Å². The van der Waals surface area contributed by atoms with Crippen LogP contribution in [0.25, 0.3) is 10.9 Å². The molecule has 2 aromatic carbocycles. The highest BCUT2D eigenvalue weighted by Crippen LogP contribution is 2.49. The molecule has 0 amide bonds. The highest BCUT2D eigenvalue weighted by molar-refractivity contribution is 5.87. The summed E-state index contributed by atoms with van der Waals surface area (Å²) in [7, 11) is 1.44. The lowest BCUT2D eigenvalue weighted by Gasteiger charge is -2.50. The van der Waals surface area contributed by atoms with Gasteiger partial charge in [0, 0.05) is 53.8 Å². The van der Waals surface area contributed by atoms with E-state index in [2.05, 4.69) is 27.3 Å². The second-order valence-corrected chi connectivity index (χ2v) is 10.0. The molecular formula is C28H32FN3O3. The largest absolute Gasteiger partial charge is 0.468 e. The number of aromatic amines is 1. The van der Waals surface area contributed by atoms with Crippen molar-refractivity contribution in [2.24, 2.45) is 0 Å². The Kier molecular flexibility index (Phi) is 6.08. The van der Waals surface area contributed by atoms with Gasteiger partial charge in [0.2, 0.25) is 0 Å². The molecule has 0 unspecified atom stereocenters. The fourth-order valence-electron chi connectivity index (χ4n) is 6.47. The number of aromatic nitrogens is 1. The van der Waals surface area contributed by atoms with Gasteiger partial charge in [0.1, 0.15) is 11.9 Å². The minimum Gasteiger partial charge on any atom is -0.468 e. The number of rotatable bonds is 5. The highest BCUT2D eigenvalue weighted by atomic mass is 19.1. The summed E-state index contributed by atoms with van der Waals surface area (Å²) in [4.78, 5) is 19.0. The summed E-state index contributed by atoms with van der Waals surface area (Å²) in [6, 6.07) is 14.6. The number of fused-ring (bicyclic) bond motifs is 5. The van der Waals surface area contributed by atoms with Gasteiger partial charge in [-0.3, -0.25) is 9.69 Å². The number of methoxy groups -OCH3 is 1. The van der Waals surface area contributed by atoms with Crippen LogP contribution in [-0.2, 0) is 20.7 Å². The summed E-state index contributed by atoms with van der Waals surface area (Å²) in [5.41, 5.74) is 4.01. The number of hydrogen-bond donors (Lipinski definition) is 2. The van der Waals surface area contributed by atoms with Gasteiger partial charge in [0.15, 0.2) is 0 Å². The molecule has 184 valence electrons. The second kappa shape index (κ2) is 9.37. The average Bonchev–Trinajstić information content (AvgIpc) is 3.54. The van der Waals surface area contributed by atoms with Crippen molar-refractivity contribution in [2.75, 3.05) is 20.3 Å². The molecule has 0 spiro atoms. The van der Waals surface area contributed by atoms with Crippen LogP contribution in [0.1, 0.15) is 54.6 Å².